The molecular weight excluding hydrogens is 308 g/mol. The Kier molecular flexibility index (Phi) is 7.38. The number of rotatable bonds is 4. The van der Waals surface area contributed by atoms with Crippen molar-refractivity contribution in [1.82, 2.24) is 10.2 Å². The van der Waals surface area contributed by atoms with Crippen LogP contribution in [-0.4, -0.2) is 37.0 Å². The van der Waals surface area contributed by atoms with Crippen LogP contribution in [0.25, 0.3) is 0 Å². The van der Waals surface area contributed by atoms with Crippen molar-refractivity contribution in [2.24, 2.45) is 5.92 Å². The Balaban J connectivity index is 0.00000192. The number of piperidine rings is 2. The Bertz CT molecular complexity index is 466. The number of halogens is 1. The molecule has 2 fully saturated rings. The van der Waals surface area contributed by atoms with E-state index in [0.29, 0.717) is 11.8 Å². The second-order valence-corrected chi connectivity index (χ2v) is 6.80. The van der Waals surface area contributed by atoms with E-state index in [4.69, 9.17) is 0 Å². The highest BCUT2D eigenvalue weighted by atomic mass is 35.5. The molecule has 1 N–H and O–H groups in total. The number of nitrogens with one attached hydrogen (secondary N) is 1. The van der Waals surface area contributed by atoms with Crippen LogP contribution < -0.4 is 5.32 Å². The van der Waals surface area contributed by atoms with Gasteiger partial charge in [0.2, 0.25) is 5.91 Å². The number of hydrogen-bond acceptors (Lipinski definition) is 2. The number of amides is 1. The minimum absolute atomic E-state index is 0. The zero-order valence-electron chi connectivity index (χ0n) is 13.9. The number of likely N-dealkylation sites (tertiary alicyclic amines) is 1. The average Bonchev–Trinajstić information content (AvgIpc) is 2.61. The summed E-state index contributed by atoms with van der Waals surface area (Å²) >= 11 is 0. The van der Waals surface area contributed by atoms with Crippen molar-refractivity contribution in [2.45, 2.75) is 44.4 Å². The van der Waals surface area contributed by atoms with Crippen molar-refractivity contribution in [1.29, 1.82) is 0 Å². The van der Waals surface area contributed by atoms with E-state index in [9.17, 15) is 4.79 Å². The van der Waals surface area contributed by atoms with E-state index in [1.807, 2.05) is 0 Å². The summed E-state index contributed by atoms with van der Waals surface area (Å²) in [6.07, 6.45) is 6.54. The quantitative estimate of drug-likeness (QED) is 0.911. The SMILES string of the molecule is Cl.O=C(CCC1CCNCC1)N1CCC(c2ccccc2)CC1. The molecule has 1 aromatic rings. The van der Waals surface area contributed by atoms with E-state index in [-0.39, 0.29) is 12.4 Å². The van der Waals surface area contributed by atoms with Gasteiger partial charge in [-0.1, -0.05) is 30.3 Å². The molecule has 0 aliphatic carbocycles. The van der Waals surface area contributed by atoms with E-state index >= 15 is 0 Å². The normalized spacial score (nSPS) is 20.1. The monoisotopic (exact) mass is 336 g/mol. The minimum Gasteiger partial charge on any atom is -0.343 e. The maximum atomic E-state index is 12.4. The Labute approximate surface area is 146 Å². The molecule has 1 aromatic carbocycles. The lowest BCUT2D eigenvalue weighted by molar-refractivity contribution is -0.132. The Morgan fingerprint density at radius 3 is 2.35 bits per heavy atom. The molecule has 0 unspecified atom stereocenters. The van der Waals surface area contributed by atoms with Gasteiger partial charge < -0.3 is 10.2 Å². The molecule has 0 radical (unpaired) electrons. The van der Waals surface area contributed by atoms with Gasteiger partial charge in [-0.05, 0) is 62.6 Å². The molecule has 128 valence electrons. The fourth-order valence-electron chi connectivity index (χ4n) is 3.84. The van der Waals surface area contributed by atoms with Gasteiger partial charge in [-0.25, -0.2) is 0 Å². The summed E-state index contributed by atoms with van der Waals surface area (Å²) in [4.78, 5) is 14.5. The lowest BCUT2D eigenvalue weighted by Gasteiger charge is -2.33. The van der Waals surface area contributed by atoms with Gasteiger partial charge in [0.1, 0.15) is 0 Å². The molecule has 3 nitrogen and oxygen atoms in total. The molecule has 2 aliphatic heterocycles. The fourth-order valence-corrected chi connectivity index (χ4v) is 3.84. The number of nitrogens with zero attached hydrogens (tertiary/aromatic N) is 1. The molecule has 23 heavy (non-hydrogen) atoms. The van der Waals surface area contributed by atoms with Gasteiger partial charge >= 0.3 is 0 Å². The zero-order valence-corrected chi connectivity index (χ0v) is 14.7. The van der Waals surface area contributed by atoms with E-state index in [1.165, 1.54) is 18.4 Å². The molecule has 0 spiro atoms. The van der Waals surface area contributed by atoms with Crippen LogP contribution in [-0.2, 0) is 4.79 Å². The van der Waals surface area contributed by atoms with Gasteiger partial charge in [-0.3, -0.25) is 4.79 Å². The standard InChI is InChI=1S/C19H28N2O.ClH/c22-19(7-6-16-8-12-20-13-9-16)21-14-10-18(11-15-21)17-4-2-1-3-5-17;/h1-5,16,18,20H,6-15H2;1H. The summed E-state index contributed by atoms with van der Waals surface area (Å²) in [5.74, 6) is 1.77. The van der Waals surface area contributed by atoms with Crippen LogP contribution in [0.5, 0.6) is 0 Å². The largest absolute Gasteiger partial charge is 0.343 e. The number of carbonyl (C=O) groups excluding carboxylic acids is 1. The molecule has 4 heteroatoms. The third-order valence-electron chi connectivity index (χ3n) is 5.34. The van der Waals surface area contributed by atoms with Crippen LogP contribution in [0.3, 0.4) is 0 Å². The van der Waals surface area contributed by atoms with Gasteiger partial charge in [0.25, 0.3) is 0 Å². The Hall–Kier alpha value is -1.06. The lowest BCUT2D eigenvalue weighted by atomic mass is 9.89. The van der Waals surface area contributed by atoms with Crippen LogP contribution in [0.1, 0.15) is 50.0 Å². The summed E-state index contributed by atoms with van der Waals surface area (Å²) < 4.78 is 0. The maximum Gasteiger partial charge on any atom is 0.222 e. The highest BCUT2D eigenvalue weighted by Gasteiger charge is 2.24. The topological polar surface area (TPSA) is 32.3 Å². The second kappa shape index (κ2) is 9.29. The van der Waals surface area contributed by atoms with Crippen molar-refractivity contribution < 1.29 is 4.79 Å². The van der Waals surface area contributed by atoms with Gasteiger partial charge in [0, 0.05) is 19.5 Å². The first-order valence-electron chi connectivity index (χ1n) is 8.86. The predicted molar refractivity (Wildman–Crippen MR) is 97.1 cm³/mol. The fraction of sp³-hybridized carbons (Fsp3) is 0.632. The van der Waals surface area contributed by atoms with Crippen LogP contribution in [0.4, 0.5) is 0 Å². The molecular formula is C19H29ClN2O. The number of carbonyl (C=O) groups is 1. The molecule has 3 rings (SSSR count). The van der Waals surface area contributed by atoms with Gasteiger partial charge in [-0.15, -0.1) is 12.4 Å². The van der Waals surface area contributed by atoms with Crippen molar-refractivity contribution in [3.8, 4) is 0 Å². The van der Waals surface area contributed by atoms with Crippen molar-refractivity contribution in [3.05, 3.63) is 35.9 Å². The predicted octanol–water partition coefficient (Wildman–Crippen LogP) is 3.59. The Morgan fingerprint density at radius 1 is 1.04 bits per heavy atom. The second-order valence-electron chi connectivity index (χ2n) is 6.80. The molecule has 0 atom stereocenters. The Morgan fingerprint density at radius 2 is 1.70 bits per heavy atom. The molecule has 2 aliphatic rings. The van der Waals surface area contributed by atoms with Crippen LogP contribution in [0, 0.1) is 5.92 Å². The summed E-state index contributed by atoms with van der Waals surface area (Å²) in [7, 11) is 0. The molecule has 2 saturated heterocycles. The van der Waals surface area contributed by atoms with Gasteiger partial charge in [0.05, 0.1) is 0 Å². The molecule has 0 aromatic heterocycles. The summed E-state index contributed by atoms with van der Waals surface area (Å²) in [6, 6.07) is 10.7. The number of hydrogen-bond donors (Lipinski definition) is 1. The van der Waals surface area contributed by atoms with E-state index in [1.54, 1.807) is 0 Å². The van der Waals surface area contributed by atoms with Crippen LogP contribution in [0.2, 0.25) is 0 Å². The van der Waals surface area contributed by atoms with Crippen molar-refractivity contribution in [2.75, 3.05) is 26.2 Å². The zero-order chi connectivity index (χ0) is 15.2. The first-order chi connectivity index (χ1) is 10.8. The maximum absolute atomic E-state index is 12.4. The van der Waals surface area contributed by atoms with E-state index in [2.05, 4.69) is 40.5 Å². The third kappa shape index (κ3) is 5.22. The van der Waals surface area contributed by atoms with E-state index < -0.39 is 0 Å². The smallest absolute Gasteiger partial charge is 0.222 e. The first kappa shape index (κ1) is 18.3. The average molecular weight is 337 g/mol. The summed E-state index contributed by atoms with van der Waals surface area (Å²) in [5, 5.41) is 3.39. The molecule has 2 heterocycles. The van der Waals surface area contributed by atoms with Crippen LogP contribution >= 0.6 is 12.4 Å². The lowest BCUT2D eigenvalue weighted by Crippen LogP contribution is -2.38. The molecule has 1 amide bonds. The van der Waals surface area contributed by atoms with Crippen molar-refractivity contribution in [3.63, 3.8) is 0 Å². The summed E-state index contributed by atoms with van der Waals surface area (Å²) in [5.41, 5.74) is 1.43. The van der Waals surface area contributed by atoms with Gasteiger partial charge in [0.15, 0.2) is 0 Å². The number of benzene rings is 1. The van der Waals surface area contributed by atoms with E-state index in [0.717, 1.165) is 57.8 Å². The molecule has 0 saturated carbocycles. The van der Waals surface area contributed by atoms with Crippen LogP contribution in [0.15, 0.2) is 30.3 Å². The highest BCUT2D eigenvalue weighted by Crippen LogP contribution is 2.28. The van der Waals surface area contributed by atoms with Gasteiger partial charge in [-0.2, -0.15) is 0 Å². The summed E-state index contributed by atoms with van der Waals surface area (Å²) in [6.45, 7) is 4.12. The first-order valence-corrected chi connectivity index (χ1v) is 8.86. The third-order valence-corrected chi connectivity index (χ3v) is 5.34. The minimum atomic E-state index is 0. The van der Waals surface area contributed by atoms with Crippen molar-refractivity contribution >= 4 is 18.3 Å². The molecule has 0 bridgehead atoms. The highest BCUT2D eigenvalue weighted by molar-refractivity contribution is 5.85.